The molecule has 0 radical (unpaired) electrons. The summed E-state index contributed by atoms with van der Waals surface area (Å²) >= 11 is 30.1. The number of benzene rings is 2. The van der Waals surface area contributed by atoms with Crippen LogP contribution in [0, 0.1) is 0 Å². The van der Waals surface area contributed by atoms with E-state index in [2.05, 4.69) is 0 Å². The second-order valence-corrected chi connectivity index (χ2v) is 5.70. The Kier molecular flexibility index (Phi) is 4.65. The Morgan fingerprint density at radius 2 is 1.42 bits per heavy atom. The lowest BCUT2D eigenvalue weighted by atomic mass is 10.0. The Morgan fingerprint density at radius 1 is 0.842 bits per heavy atom. The summed E-state index contributed by atoms with van der Waals surface area (Å²) in [4.78, 5) is 11.1. The highest BCUT2D eigenvalue weighted by atomic mass is 35.5. The van der Waals surface area contributed by atoms with Gasteiger partial charge in [-0.05, 0) is 23.8 Å². The summed E-state index contributed by atoms with van der Waals surface area (Å²) in [7, 11) is 0. The first-order valence-corrected chi connectivity index (χ1v) is 6.92. The minimum absolute atomic E-state index is 0.237. The maximum atomic E-state index is 11.1. The number of carbonyl (C=O) groups excluding carboxylic acids is 1. The Hall–Kier alpha value is -0.440. The molecule has 0 atom stereocenters. The topological polar surface area (TPSA) is 17.1 Å². The molecule has 2 rings (SSSR count). The molecule has 19 heavy (non-hydrogen) atoms. The summed E-state index contributed by atoms with van der Waals surface area (Å²) in [6, 6.07) is 6.25. The quantitative estimate of drug-likeness (QED) is 0.448. The molecule has 0 heterocycles. The first kappa shape index (κ1) is 15.0. The van der Waals surface area contributed by atoms with Crippen LogP contribution >= 0.6 is 58.0 Å². The van der Waals surface area contributed by atoms with Gasteiger partial charge in [0, 0.05) is 16.1 Å². The zero-order chi connectivity index (χ0) is 14.2. The maximum absolute atomic E-state index is 11.1. The third kappa shape index (κ3) is 2.86. The Bertz CT molecular complexity index is 640. The molecule has 6 heteroatoms. The first-order valence-electron chi connectivity index (χ1n) is 5.03. The lowest BCUT2D eigenvalue weighted by molar-refractivity contribution is 0.112. The predicted molar refractivity (Wildman–Crippen MR) is 82.3 cm³/mol. The van der Waals surface area contributed by atoms with Crippen LogP contribution in [0.1, 0.15) is 10.4 Å². The van der Waals surface area contributed by atoms with Crippen LogP contribution in [0.5, 0.6) is 0 Å². The number of hydrogen-bond acceptors (Lipinski definition) is 1. The number of hydrogen-bond donors (Lipinski definition) is 0. The van der Waals surface area contributed by atoms with Gasteiger partial charge in [-0.25, -0.2) is 0 Å². The number of rotatable bonds is 2. The molecule has 0 spiro atoms. The van der Waals surface area contributed by atoms with Gasteiger partial charge in [0.05, 0.1) is 20.1 Å². The minimum Gasteiger partial charge on any atom is -0.298 e. The van der Waals surface area contributed by atoms with E-state index in [4.69, 9.17) is 58.0 Å². The van der Waals surface area contributed by atoms with Crippen LogP contribution < -0.4 is 0 Å². The summed E-state index contributed by atoms with van der Waals surface area (Å²) in [6.07, 6.45) is 0.669. The highest BCUT2D eigenvalue weighted by Gasteiger charge is 2.18. The molecular formula is C13H5Cl5O. The van der Waals surface area contributed by atoms with Crippen molar-refractivity contribution < 1.29 is 4.79 Å². The van der Waals surface area contributed by atoms with Crippen LogP contribution in [0.25, 0.3) is 11.1 Å². The van der Waals surface area contributed by atoms with E-state index < -0.39 is 0 Å². The van der Waals surface area contributed by atoms with Crippen molar-refractivity contribution in [3.05, 3.63) is 54.9 Å². The van der Waals surface area contributed by atoms with Crippen molar-refractivity contribution in [2.24, 2.45) is 0 Å². The van der Waals surface area contributed by atoms with Gasteiger partial charge in [0.25, 0.3) is 0 Å². The largest absolute Gasteiger partial charge is 0.298 e. The van der Waals surface area contributed by atoms with Gasteiger partial charge in [-0.1, -0.05) is 64.1 Å². The Balaban J connectivity index is 2.82. The van der Waals surface area contributed by atoms with E-state index in [-0.39, 0.29) is 20.1 Å². The molecule has 0 aliphatic rings. The van der Waals surface area contributed by atoms with Crippen LogP contribution in [0.15, 0.2) is 24.3 Å². The molecule has 0 saturated carbocycles. The lowest BCUT2D eigenvalue weighted by Crippen LogP contribution is -1.91. The van der Waals surface area contributed by atoms with Gasteiger partial charge < -0.3 is 0 Å². The average molecular weight is 354 g/mol. The van der Waals surface area contributed by atoms with Crippen LogP contribution in [0.3, 0.4) is 0 Å². The second kappa shape index (κ2) is 5.90. The van der Waals surface area contributed by atoms with E-state index in [1.807, 2.05) is 0 Å². The van der Waals surface area contributed by atoms with Crippen molar-refractivity contribution in [1.82, 2.24) is 0 Å². The molecule has 0 aromatic heterocycles. The van der Waals surface area contributed by atoms with Crippen LogP contribution in [-0.2, 0) is 0 Å². The van der Waals surface area contributed by atoms with Crippen molar-refractivity contribution in [3.8, 4) is 11.1 Å². The number of carbonyl (C=O) groups is 1. The predicted octanol–water partition coefficient (Wildman–Crippen LogP) is 6.43. The fraction of sp³-hybridized carbons (Fsp3) is 0. The van der Waals surface area contributed by atoms with Crippen LogP contribution in [-0.4, -0.2) is 6.29 Å². The molecule has 0 aliphatic carbocycles. The smallest absolute Gasteiger partial charge is 0.150 e. The van der Waals surface area contributed by atoms with Crippen molar-refractivity contribution in [3.63, 3.8) is 0 Å². The standard InChI is InChI=1S/C13H5Cl5O/c14-7-1-2-8(6(3-7)5-19)11-12(17)9(15)4-10(16)13(11)18/h1-5H. The first-order chi connectivity index (χ1) is 8.95. The van der Waals surface area contributed by atoms with Crippen molar-refractivity contribution >= 4 is 64.3 Å². The van der Waals surface area contributed by atoms with Gasteiger partial charge >= 0.3 is 0 Å². The summed E-state index contributed by atoms with van der Waals surface area (Å²) in [5, 5.41) is 1.44. The monoisotopic (exact) mass is 352 g/mol. The average Bonchev–Trinajstić information content (AvgIpc) is 2.38. The van der Waals surface area contributed by atoms with E-state index >= 15 is 0 Å². The Morgan fingerprint density at radius 3 is 1.95 bits per heavy atom. The van der Waals surface area contributed by atoms with Crippen molar-refractivity contribution in [1.29, 1.82) is 0 Å². The fourth-order valence-corrected chi connectivity index (χ4v) is 2.86. The molecular weight excluding hydrogens is 349 g/mol. The lowest BCUT2D eigenvalue weighted by Gasteiger charge is -2.12. The van der Waals surface area contributed by atoms with Crippen LogP contribution in [0.2, 0.25) is 25.1 Å². The third-order valence-corrected chi connectivity index (χ3v) is 4.33. The van der Waals surface area contributed by atoms with Gasteiger partial charge in [0.1, 0.15) is 0 Å². The van der Waals surface area contributed by atoms with E-state index in [9.17, 15) is 4.79 Å². The van der Waals surface area contributed by atoms with Gasteiger partial charge in [-0.2, -0.15) is 0 Å². The Labute approximate surface area is 135 Å². The third-order valence-electron chi connectivity index (χ3n) is 2.52. The summed E-state index contributed by atoms with van der Waals surface area (Å²) < 4.78 is 0. The fourth-order valence-electron chi connectivity index (χ4n) is 1.67. The number of halogens is 5. The zero-order valence-corrected chi connectivity index (χ0v) is 13.0. The summed E-state index contributed by atoms with van der Waals surface area (Å²) in [5.74, 6) is 0. The number of aldehydes is 1. The van der Waals surface area contributed by atoms with Crippen molar-refractivity contribution in [2.45, 2.75) is 0 Å². The van der Waals surface area contributed by atoms with Crippen LogP contribution in [0.4, 0.5) is 0 Å². The minimum atomic E-state index is 0.237. The maximum Gasteiger partial charge on any atom is 0.150 e. The molecule has 0 N–H and O–H groups in total. The molecule has 0 fully saturated rings. The van der Waals surface area contributed by atoms with Gasteiger partial charge in [0.2, 0.25) is 0 Å². The highest BCUT2D eigenvalue weighted by molar-refractivity contribution is 6.50. The molecule has 0 unspecified atom stereocenters. The SMILES string of the molecule is O=Cc1cc(Cl)ccc1-c1c(Cl)c(Cl)cc(Cl)c1Cl. The molecule has 2 aromatic carbocycles. The van der Waals surface area contributed by atoms with E-state index in [1.54, 1.807) is 12.1 Å². The molecule has 0 saturated heterocycles. The van der Waals surface area contributed by atoms with E-state index in [1.165, 1.54) is 12.1 Å². The summed E-state index contributed by atoms with van der Waals surface area (Å²) in [5.41, 5.74) is 1.30. The molecule has 1 nitrogen and oxygen atoms in total. The second-order valence-electron chi connectivity index (χ2n) is 3.69. The molecule has 98 valence electrons. The highest BCUT2D eigenvalue weighted by Crippen LogP contribution is 2.44. The zero-order valence-electron chi connectivity index (χ0n) is 9.18. The van der Waals surface area contributed by atoms with Crippen molar-refractivity contribution in [2.75, 3.05) is 0 Å². The summed E-state index contributed by atoms with van der Waals surface area (Å²) in [6.45, 7) is 0. The van der Waals surface area contributed by atoms with E-state index in [0.717, 1.165) is 0 Å². The molecule has 2 aromatic rings. The van der Waals surface area contributed by atoms with Gasteiger partial charge in [-0.3, -0.25) is 4.79 Å². The normalized spacial score (nSPS) is 10.6. The molecule has 0 aliphatic heterocycles. The van der Waals surface area contributed by atoms with Gasteiger partial charge in [-0.15, -0.1) is 0 Å². The van der Waals surface area contributed by atoms with Gasteiger partial charge in [0.15, 0.2) is 6.29 Å². The van der Waals surface area contributed by atoms with E-state index in [0.29, 0.717) is 28.0 Å². The molecule has 0 bridgehead atoms. The molecule has 0 amide bonds.